The van der Waals surface area contributed by atoms with Crippen molar-refractivity contribution in [3.05, 3.63) is 70.0 Å². The lowest BCUT2D eigenvalue weighted by molar-refractivity contribution is 0.301. The number of ether oxygens (including phenoxy) is 1. The molecule has 148 valence electrons. The molecule has 0 saturated heterocycles. The molecule has 0 saturated carbocycles. The Morgan fingerprint density at radius 2 is 1.93 bits per heavy atom. The van der Waals surface area contributed by atoms with Crippen LogP contribution in [0.25, 0.3) is 21.8 Å². The van der Waals surface area contributed by atoms with Crippen LogP contribution in [0.3, 0.4) is 0 Å². The van der Waals surface area contributed by atoms with Crippen LogP contribution in [0.15, 0.2) is 48.7 Å². The summed E-state index contributed by atoms with van der Waals surface area (Å²) in [5.74, 6) is 0.807. The fourth-order valence-electron chi connectivity index (χ4n) is 4.32. The van der Waals surface area contributed by atoms with Crippen LogP contribution in [0.5, 0.6) is 5.75 Å². The third-order valence-electron chi connectivity index (χ3n) is 5.56. The number of hydrogen-bond acceptors (Lipinski definition) is 3. The van der Waals surface area contributed by atoms with Crippen LogP contribution in [0.1, 0.15) is 11.3 Å². The lowest BCUT2D eigenvalue weighted by Crippen LogP contribution is -2.18. The fourth-order valence-corrected chi connectivity index (χ4v) is 4.92. The normalized spacial score (nSPS) is 14.1. The minimum atomic E-state index is 0.540. The Morgan fingerprint density at radius 3 is 2.86 bits per heavy atom. The van der Waals surface area contributed by atoms with E-state index in [2.05, 4.69) is 14.9 Å². The zero-order chi connectivity index (χ0) is 19.8. The number of halogens is 2. The number of rotatable bonds is 4. The highest BCUT2D eigenvalue weighted by Gasteiger charge is 2.21. The van der Waals surface area contributed by atoms with E-state index in [1.54, 1.807) is 6.20 Å². The first-order valence-corrected chi connectivity index (χ1v) is 10.6. The van der Waals surface area contributed by atoms with E-state index in [9.17, 15) is 0 Å². The van der Waals surface area contributed by atoms with Crippen LogP contribution < -0.4 is 10.1 Å². The first kappa shape index (κ1) is 18.7. The molecule has 4 aromatic rings. The van der Waals surface area contributed by atoms with Crippen LogP contribution in [0.2, 0.25) is 10.0 Å². The number of nitrogens with zero attached hydrogens (tertiary/aromatic N) is 2. The van der Waals surface area contributed by atoms with Gasteiger partial charge in [-0.25, -0.2) is 0 Å². The monoisotopic (exact) mass is 425 g/mol. The molecular weight excluding hydrogens is 405 g/mol. The molecule has 1 aliphatic rings. The molecule has 3 heterocycles. The van der Waals surface area contributed by atoms with Gasteiger partial charge in [-0.2, -0.15) is 0 Å². The van der Waals surface area contributed by atoms with Gasteiger partial charge in [-0.15, -0.1) is 0 Å². The molecule has 0 amide bonds. The molecule has 2 aromatic carbocycles. The first-order valence-electron chi connectivity index (χ1n) is 9.88. The van der Waals surface area contributed by atoms with Crippen LogP contribution >= 0.6 is 23.2 Å². The largest absolute Gasteiger partial charge is 0.489 e. The van der Waals surface area contributed by atoms with Gasteiger partial charge in [-0.3, -0.25) is 4.98 Å². The highest BCUT2D eigenvalue weighted by molar-refractivity contribution is 6.38. The zero-order valence-electron chi connectivity index (χ0n) is 15.9. The van der Waals surface area contributed by atoms with Crippen molar-refractivity contribution in [3.63, 3.8) is 0 Å². The van der Waals surface area contributed by atoms with Crippen LogP contribution in [-0.2, 0) is 19.4 Å². The SMILES string of the molecule is Clc1cc(Cl)c2c(c1)c1c(n2CCOc2cccc3cccnc23)CCNCC1. The van der Waals surface area contributed by atoms with Gasteiger partial charge in [-0.05, 0) is 42.8 Å². The van der Waals surface area contributed by atoms with Crippen molar-refractivity contribution in [2.45, 2.75) is 19.4 Å². The van der Waals surface area contributed by atoms with Gasteiger partial charge in [-0.1, -0.05) is 41.4 Å². The van der Waals surface area contributed by atoms with Gasteiger partial charge in [0.05, 0.1) is 17.1 Å². The van der Waals surface area contributed by atoms with E-state index < -0.39 is 0 Å². The third-order valence-corrected chi connectivity index (χ3v) is 6.06. The fraction of sp³-hybridized carbons (Fsp3) is 0.261. The van der Waals surface area contributed by atoms with E-state index >= 15 is 0 Å². The van der Waals surface area contributed by atoms with Gasteiger partial charge in [0.2, 0.25) is 0 Å². The molecule has 5 rings (SSSR count). The molecule has 0 unspecified atom stereocenters. The highest BCUT2D eigenvalue weighted by atomic mass is 35.5. The number of benzene rings is 2. The lowest BCUT2D eigenvalue weighted by Gasteiger charge is -2.14. The highest BCUT2D eigenvalue weighted by Crippen LogP contribution is 2.35. The predicted octanol–water partition coefficient (Wildman–Crippen LogP) is 5.26. The molecule has 0 atom stereocenters. The van der Waals surface area contributed by atoms with Crippen molar-refractivity contribution < 1.29 is 4.74 Å². The Morgan fingerprint density at radius 1 is 1.07 bits per heavy atom. The van der Waals surface area contributed by atoms with Gasteiger partial charge < -0.3 is 14.6 Å². The Bertz CT molecular complexity index is 1200. The minimum absolute atomic E-state index is 0.540. The summed E-state index contributed by atoms with van der Waals surface area (Å²) in [6.45, 7) is 3.19. The summed E-state index contributed by atoms with van der Waals surface area (Å²) in [6.07, 6.45) is 3.74. The topological polar surface area (TPSA) is 39.1 Å². The Labute approximate surface area is 179 Å². The summed E-state index contributed by atoms with van der Waals surface area (Å²) in [4.78, 5) is 4.48. The van der Waals surface area contributed by atoms with Crippen LogP contribution in [0.4, 0.5) is 0 Å². The van der Waals surface area contributed by atoms with E-state index in [4.69, 9.17) is 27.9 Å². The van der Waals surface area contributed by atoms with Crippen molar-refractivity contribution in [1.82, 2.24) is 14.9 Å². The van der Waals surface area contributed by atoms with Crippen molar-refractivity contribution in [2.75, 3.05) is 19.7 Å². The number of pyridine rings is 1. The molecule has 0 radical (unpaired) electrons. The molecule has 0 fully saturated rings. The standard InChI is InChI=1S/C23H21Cl2N3O/c24-16-13-18-17-6-9-26-10-7-20(17)28(23(18)19(25)14-16)11-12-29-21-5-1-3-15-4-2-8-27-22(15)21/h1-5,8,13-14,26H,6-7,9-12H2. The summed E-state index contributed by atoms with van der Waals surface area (Å²) >= 11 is 12.9. The number of aromatic nitrogens is 2. The number of nitrogens with one attached hydrogen (secondary N) is 1. The smallest absolute Gasteiger partial charge is 0.145 e. The van der Waals surface area contributed by atoms with Gasteiger partial charge in [0, 0.05) is 40.7 Å². The molecular formula is C23H21Cl2N3O. The average molecular weight is 426 g/mol. The summed E-state index contributed by atoms with van der Waals surface area (Å²) in [5, 5.41) is 7.10. The summed E-state index contributed by atoms with van der Waals surface area (Å²) in [5.41, 5.74) is 4.62. The van der Waals surface area contributed by atoms with E-state index in [-0.39, 0.29) is 0 Å². The summed E-state index contributed by atoms with van der Waals surface area (Å²) < 4.78 is 8.47. The van der Waals surface area contributed by atoms with Crippen molar-refractivity contribution in [3.8, 4) is 5.75 Å². The second-order valence-corrected chi connectivity index (χ2v) is 8.13. The molecule has 2 aromatic heterocycles. The molecule has 0 spiro atoms. The Kier molecular flexibility index (Phi) is 5.08. The minimum Gasteiger partial charge on any atom is -0.489 e. The quantitative estimate of drug-likeness (QED) is 0.484. The van der Waals surface area contributed by atoms with Crippen LogP contribution in [0, 0.1) is 0 Å². The summed E-state index contributed by atoms with van der Waals surface area (Å²) in [7, 11) is 0. The number of hydrogen-bond donors (Lipinski definition) is 1. The van der Waals surface area contributed by atoms with E-state index in [1.165, 1.54) is 11.3 Å². The van der Waals surface area contributed by atoms with Crippen molar-refractivity contribution >= 4 is 45.0 Å². The molecule has 6 heteroatoms. The van der Waals surface area contributed by atoms with E-state index in [0.717, 1.165) is 60.0 Å². The molecule has 1 aliphatic heterocycles. The van der Waals surface area contributed by atoms with E-state index in [1.807, 2.05) is 42.5 Å². The Balaban J connectivity index is 1.49. The molecule has 0 bridgehead atoms. The first-order chi connectivity index (χ1) is 14.2. The maximum absolute atomic E-state index is 6.63. The van der Waals surface area contributed by atoms with Crippen molar-refractivity contribution in [1.29, 1.82) is 0 Å². The molecule has 29 heavy (non-hydrogen) atoms. The predicted molar refractivity (Wildman–Crippen MR) is 119 cm³/mol. The lowest BCUT2D eigenvalue weighted by atomic mass is 10.1. The zero-order valence-corrected chi connectivity index (χ0v) is 17.4. The number of para-hydroxylation sites is 1. The molecule has 4 nitrogen and oxygen atoms in total. The molecule has 1 N–H and O–H groups in total. The van der Waals surface area contributed by atoms with Gasteiger partial charge in [0.25, 0.3) is 0 Å². The second kappa shape index (κ2) is 7.86. The summed E-state index contributed by atoms with van der Waals surface area (Å²) in [6, 6.07) is 13.9. The van der Waals surface area contributed by atoms with Gasteiger partial charge >= 0.3 is 0 Å². The van der Waals surface area contributed by atoms with Gasteiger partial charge in [0.1, 0.15) is 17.9 Å². The maximum Gasteiger partial charge on any atom is 0.145 e. The third kappa shape index (κ3) is 3.46. The van der Waals surface area contributed by atoms with E-state index in [0.29, 0.717) is 16.7 Å². The second-order valence-electron chi connectivity index (χ2n) is 7.29. The molecule has 0 aliphatic carbocycles. The van der Waals surface area contributed by atoms with Gasteiger partial charge in [0.15, 0.2) is 0 Å². The number of fused-ring (bicyclic) bond motifs is 4. The maximum atomic E-state index is 6.63. The Hall–Kier alpha value is -2.27. The average Bonchev–Trinajstić information content (AvgIpc) is 2.87. The van der Waals surface area contributed by atoms with Crippen LogP contribution in [-0.4, -0.2) is 29.2 Å². The van der Waals surface area contributed by atoms with Crippen molar-refractivity contribution in [2.24, 2.45) is 0 Å².